The molecule has 1 aromatic heterocycles. The predicted molar refractivity (Wildman–Crippen MR) is 28.8 cm³/mol. The normalized spacial score (nSPS) is 9.60. The molecule has 0 spiro atoms. The maximum atomic E-state index is 10.4. The fourth-order valence-electron chi connectivity index (χ4n) is 0.365. The van der Waals surface area contributed by atoms with Crippen molar-refractivity contribution >= 4 is 11.9 Å². The Morgan fingerprint density at radius 1 is 1.00 bits per heavy atom. The summed E-state index contributed by atoms with van der Waals surface area (Å²) in [5.74, 6) is -1.08. The minimum Gasteiger partial charge on any atom is -0.709 e. The Bertz CT molecular complexity index is 210. The summed E-state index contributed by atoms with van der Waals surface area (Å²) in [6, 6.07) is 0. The van der Waals surface area contributed by atoms with Crippen LogP contribution in [0, 0.1) is 10.4 Å². The van der Waals surface area contributed by atoms with E-state index in [9.17, 15) is 10.4 Å². The number of aromatic nitrogens is 4. The van der Waals surface area contributed by atoms with Crippen molar-refractivity contribution in [1.29, 1.82) is 0 Å². The molecule has 8 nitrogen and oxygen atoms in total. The molecule has 10 heavy (non-hydrogen) atoms. The van der Waals surface area contributed by atoms with Crippen LogP contribution in [0.4, 0.5) is 11.9 Å². The van der Waals surface area contributed by atoms with Gasteiger partial charge in [0.2, 0.25) is 0 Å². The molecule has 54 valence electrons. The molecule has 0 aromatic carbocycles. The van der Waals surface area contributed by atoms with Gasteiger partial charge in [0.15, 0.2) is 0 Å². The van der Waals surface area contributed by atoms with Crippen LogP contribution in [0.3, 0.4) is 0 Å². The standard InChI is InChI=1S/C2H4N6O2/c3-1-5-8(10)2(4)6-7(1)9/h(H2,3,5)(H2,4,6). The number of nitrogen functional groups attached to an aromatic ring is 2. The van der Waals surface area contributed by atoms with Gasteiger partial charge in [0.1, 0.15) is 0 Å². The Morgan fingerprint density at radius 3 is 1.60 bits per heavy atom. The Hall–Kier alpha value is -1.86. The summed E-state index contributed by atoms with van der Waals surface area (Å²) in [5.41, 5.74) is 9.78. The van der Waals surface area contributed by atoms with E-state index in [2.05, 4.69) is 10.2 Å². The van der Waals surface area contributed by atoms with Crippen molar-refractivity contribution in [3.05, 3.63) is 10.4 Å². The summed E-state index contributed by atoms with van der Waals surface area (Å²) in [5, 5.41) is 26.7. The smallest absolute Gasteiger partial charge is 0.457 e. The van der Waals surface area contributed by atoms with Crippen molar-refractivity contribution in [2.24, 2.45) is 0 Å². The highest BCUT2D eigenvalue weighted by atomic mass is 16.5. The zero-order valence-electron chi connectivity index (χ0n) is 4.76. The third-order valence-corrected chi connectivity index (χ3v) is 0.779. The minimum absolute atomic E-state index is 0.0380. The van der Waals surface area contributed by atoms with Crippen LogP contribution in [0.5, 0.6) is 0 Å². The lowest BCUT2D eigenvalue weighted by Crippen LogP contribution is -2.48. The van der Waals surface area contributed by atoms with Gasteiger partial charge in [-0.25, -0.2) is 0 Å². The third-order valence-electron chi connectivity index (χ3n) is 0.779. The van der Waals surface area contributed by atoms with E-state index in [0.717, 1.165) is 0 Å². The summed E-state index contributed by atoms with van der Waals surface area (Å²) in [6.45, 7) is 0. The van der Waals surface area contributed by atoms with Gasteiger partial charge in [-0.2, -0.15) is 0 Å². The highest BCUT2D eigenvalue weighted by molar-refractivity contribution is 5.03. The maximum Gasteiger partial charge on any atom is 0.457 e. The van der Waals surface area contributed by atoms with Gasteiger partial charge in [-0.15, -0.1) is 0 Å². The average molecular weight is 144 g/mol. The second-order valence-corrected chi connectivity index (χ2v) is 1.46. The molecule has 1 heterocycles. The molecular formula is C2H4N6O2. The second-order valence-electron chi connectivity index (χ2n) is 1.46. The molecule has 0 radical (unpaired) electrons. The first-order valence-electron chi connectivity index (χ1n) is 2.24. The van der Waals surface area contributed by atoms with E-state index in [4.69, 9.17) is 11.5 Å². The Balaban J connectivity index is 3.28. The fraction of sp³-hybridized carbons (Fsp3) is 0. The topological polar surface area (TPSA) is 132 Å². The van der Waals surface area contributed by atoms with Crippen molar-refractivity contribution < 1.29 is 9.69 Å². The predicted octanol–water partition coefficient (Wildman–Crippen LogP) is -3.09. The number of rotatable bonds is 0. The molecule has 1 aromatic rings. The van der Waals surface area contributed by atoms with Gasteiger partial charge in [-0.3, -0.25) is 11.5 Å². The van der Waals surface area contributed by atoms with Gasteiger partial charge in [0.25, 0.3) is 0 Å². The van der Waals surface area contributed by atoms with Crippen molar-refractivity contribution in [2.45, 2.75) is 0 Å². The van der Waals surface area contributed by atoms with E-state index in [1.54, 1.807) is 0 Å². The highest BCUT2D eigenvalue weighted by Crippen LogP contribution is 1.78. The molecule has 4 N–H and O–H groups in total. The van der Waals surface area contributed by atoms with Gasteiger partial charge in [-0.05, 0) is 0 Å². The molecule has 0 aliphatic carbocycles. The van der Waals surface area contributed by atoms with E-state index in [1.807, 2.05) is 0 Å². The van der Waals surface area contributed by atoms with E-state index in [1.165, 1.54) is 0 Å². The van der Waals surface area contributed by atoms with Crippen LogP contribution in [-0.2, 0) is 0 Å². The van der Waals surface area contributed by atoms with Crippen LogP contribution in [0.2, 0.25) is 0 Å². The molecule has 0 amide bonds. The van der Waals surface area contributed by atoms with Crippen LogP contribution in [0.25, 0.3) is 0 Å². The first-order chi connectivity index (χ1) is 4.61. The Kier molecular flexibility index (Phi) is 1.14. The quantitative estimate of drug-likeness (QED) is 0.293. The number of nitrogens with two attached hydrogens (primary N) is 2. The third kappa shape index (κ3) is 0.811. The second kappa shape index (κ2) is 1.83. The van der Waals surface area contributed by atoms with Crippen LogP contribution < -0.4 is 21.2 Å². The summed E-state index contributed by atoms with van der Waals surface area (Å²) < 4.78 is 0. The molecule has 0 bridgehead atoms. The number of hydrogen-bond donors (Lipinski definition) is 2. The molecule has 0 fully saturated rings. The number of anilines is 2. The SMILES string of the molecule is Nc1n[n+]([O-])c(N)n[n+]1[O-]. The van der Waals surface area contributed by atoms with Crippen molar-refractivity contribution in [3.63, 3.8) is 0 Å². The van der Waals surface area contributed by atoms with E-state index in [-0.39, 0.29) is 9.69 Å². The Morgan fingerprint density at radius 2 is 1.30 bits per heavy atom. The lowest BCUT2D eigenvalue weighted by atomic mass is 11.0. The zero-order chi connectivity index (χ0) is 7.72. The molecule has 0 unspecified atom stereocenters. The number of hydrogen-bond acceptors (Lipinski definition) is 6. The molecule has 0 aliphatic rings. The average Bonchev–Trinajstić information content (AvgIpc) is 1.84. The monoisotopic (exact) mass is 144 g/mol. The molecular weight excluding hydrogens is 140 g/mol. The highest BCUT2D eigenvalue weighted by Gasteiger charge is 2.10. The van der Waals surface area contributed by atoms with Gasteiger partial charge < -0.3 is 10.4 Å². The van der Waals surface area contributed by atoms with Crippen LogP contribution >= 0.6 is 0 Å². The molecule has 0 saturated carbocycles. The van der Waals surface area contributed by atoms with Crippen LogP contribution in [0.1, 0.15) is 0 Å². The van der Waals surface area contributed by atoms with E-state index >= 15 is 0 Å². The van der Waals surface area contributed by atoms with Gasteiger partial charge in [-0.1, -0.05) is 9.69 Å². The molecule has 0 aliphatic heterocycles. The fourth-order valence-corrected chi connectivity index (χ4v) is 0.365. The van der Waals surface area contributed by atoms with Gasteiger partial charge >= 0.3 is 11.9 Å². The van der Waals surface area contributed by atoms with Gasteiger partial charge in [0.05, 0.1) is 10.2 Å². The zero-order valence-corrected chi connectivity index (χ0v) is 4.76. The van der Waals surface area contributed by atoms with Crippen molar-refractivity contribution in [2.75, 3.05) is 11.5 Å². The first kappa shape index (κ1) is 6.26. The van der Waals surface area contributed by atoms with E-state index in [0.29, 0.717) is 0 Å². The lowest BCUT2D eigenvalue weighted by molar-refractivity contribution is -0.726. The van der Waals surface area contributed by atoms with Crippen molar-refractivity contribution in [3.8, 4) is 0 Å². The molecule has 0 saturated heterocycles. The van der Waals surface area contributed by atoms with Gasteiger partial charge in [0, 0.05) is 0 Å². The van der Waals surface area contributed by atoms with E-state index < -0.39 is 11.9 Å². The van der Waals surface area contributed by atoms with Crippen LogP contribution in [-0.4, -0.2) is 10.2 Å². The maximum absolute atomic E-state index is 10.4. The summed E-state index contributed by atoms with van der Waals surface area (Å²) in [6.07, 6.45) is 0. The largest absolute Gasteiger partial charge is 0.709 e. The molecule has 8 heteroatoms. The Labute approximate surface area is 54.8 Å². The first-order valence-corrected chi connectivity index (χ1v) is 2.24. The minimum atomic E-state index is -0.538. The van der Waals surface area contributed by atoms with Crippen LogP contribution in [0.15, 0.2) is 0 Å². The van der Waals surface area contributed by atoms with Crippen molar-refractivity contribution in [1.82, 2.24) is 10.2 Å². The number of nitrogens with zero attached hydrogens (tertiary/aromatic N) is 4. The summed E-state index contributed by atoms with van der Waals surface area (Å²) in [4.78, 5) is -0.0759. The summed E-state index contributed by atoms with van der Waals surface area (Å²) in [7, 11) is 0. The molecule has 1 rings (SSSR count). The molecule has 0 atom stereocenters. The summed E-state index contributed by atoms with van der Waals surface area (Å²) >= 11 is 0. The lowest BCUT2D eigenvalue weighted by Gasteiger charge is -2.00.